The SMILES string of the molecule is CCCCOc1ccc(C2c3c(oc4ccc(F)cc4c3=O)C(=O)N2c2ccc(C)cc2)cc1. The molecule has 5 nitrogen and oxygen atoms in total. The molecular formula is C28H24FNO4. The quantitative estimate of drug-likeness (QED) is 0.325. The molecule has 1 aromatic heterocycles. The molecule has 0 fully saturated rings. The first-order chi connectivity index (χ1) is 16.5. The van der Waals surface area contributed by atoms with Gasteiger partial charge in [-0.25, -0.2) is 4.39 Å². The fraction of sp³-hybridized carbons (Fsp3) is 0.214. The van der Waals surface area contributed by atoms with Crippen LogP contribution in [0.5, 0.6) is 5.75 Å². The van der Waals surface area contributed by atoms with Crippen LogP contribution in [0, 0.1) is 12.7 Å². The lowest BCUT2D eigenvalue weighted by Crippen LogP contribution is -2.29. The van der Waals surface area contributed by atoms with Crippen LogP contribution in [0.4, 0.5) is 10.1 Å². The number of ether oxygens (including phenoxy) is 1. The second-order valence-electron chi connectivity index (χ2n) is 8.50. The fourth-order valence-corrected chi connectivity index (χ4v) is 4.31. The van der Waals surface area contributed by atoms with Gasteiger partial charge < -0.3 is 9.15 Å². The van der Waals surface area contributed by atoms with Crippen molar-refractivity contribution in [3.63, 3.8) is 0 Å². The summed E-state index contributed by atoms with van der Waals surface area (Å²) in [5.74, 6) is -0.241. The molecule has 1 unspecified atom stereocenters. The van der Waals surface area contributed by atoms with Crippen LogP contribution in [0.25, 0.3) is 11.0 Å². The highest BCUT2D eigenvalue weighted by Gasteiger charge is 2.43. The average molecular weight is 458 g/mol. The number of halogens is 1. The molecule has 3 aromatic carbocycles. The first-order valence-corrected chi connectivity index (χ1v) is 11.4. The Morgan fingerprint density at radius 3 is 2.44 bits per heavy atom. The molecule has 0 N–H and O–H groups in total. The van der Waals surface area contributed by atoms with Crippen molar-refractivity contribution in [3.05, 3.63) is 105 Å². The molecule has 0 radical (unpaired) electrons. The van der Waals surface area contributed by atoms with E-state index in [4.69, 9.17) is 9.15 Å². The molecule has 1 amide bonds. The van der Waals surface area contributed by atoms with Crippen molar-refractivity contribution in [1.82, 2.24) is 0 Å². The smallest absolute Gasteiger partial charge is 0.295 e. The number of hydrogen-bond donors (Lipinski definition) is 0. The summed E-state index contributed by atoms with van der Waals surface area (Å²) >= 11 is 0. The standard InChI is InChI=1S/C28H24FNO4/c1-3-4-15-33-21-12-7-18(8-13-21)25-24-26(31)22-16-19(29)9-14-23(22)34-27(24)28(32)30(25)20-10-5-17(2)6-11-20/h5-14,16,25H,3-4,15H2,1-2H3. The van der Waals surface area contributed by atoms with Crippen molar-refractivity contribution in [3.8, 4) is 5.75 Å². The lowest BCUT2D eigenvalue weighted by molar-refractivity contribution is 0.0971. The van der Waals surface area contributed by atoms with Gasteiger partial charge in [-0.15, -0.1) is 0 Å². The van der Waals surface area contributed by atoms with E-state index in [1.165, 1.54) is 12.1 Å². The predicted molar refractivity (Wildman–Crippen MR) is 129 cm³/mol. The van der Waals surface area contributed by atoms with E-state index in [9.17, 15) is 14.0 Å². The highest BCUT2D eigenvalue weighted by atomic mass is 19.1. The Hall–Kier alpha value is -3.93. The molecule has 1 aliphatic rings. The third-order valence-corrected chi connectivity index (χ3v) is 6.11. The van der Waals surface area contributed by atoms with Gasteiger partial charge in [0.25, 0.3) is 5.91 Å². The van der Waals surface area contributed by atoms with Crippen LogP contribution in [-0.4, -0.2) is 12.5 Å². The molecule has 5 rings (SSSR count). The molecular weight excluding hydrogens is 433 g/mol. The maximum atomic E-state index is 13.9. The third kappa shape index (κ3) is 3.75. The highest BCUT2D eigenvalue weighted by Crippen LogP contribution is 2.41. The monoisotopic (exact) mass is 457 g/mol. The van der Waals surface area contributed by atoms with Gasteiger partial charge in [-0.3, -0.25) is 14.5 Å². The van der Waals surface area contributed by atoms with E-state index in [1.807, 2.05) is 55.5 Å². The Bertz CT molecular complexity index is 1420. The molecule has 0 spiro atoms. The topological polar surface area (TPSA) is 59.8 Å². The molecule has 0 aliphatic carbocycles. The van der Waals surface area contributed by atoms with Crippen LogP contribution in [0.2, 0.25) is 0 Å². The number of unbranched alkanes of at least 4 members (excludes halogenated alkanes) is 1. The van der Waals surface area contributed by atoms with E-state index in [-0.39, 0.29) is 22.3 Å². The average Bonchev–Trinajstić information content (AvgIpc) is 3.13. The number of rotatable bonds is 6. The molecule has 6 heteroatoms. The zero-order chi connectivity index (χ0) is 23.8. The number of carbonyl (C=O) groups excluding carboxylic acids is 1. The van der Waals surface area contributed by atoms with Crippen LogP contribution in [0.3, 0.4) is 0 Å². The van der Waals surface area contributed by atoms with E-state index in [0.29, 0.717) is 12.3 Å². The van der Waals surface area contributed by atoms with E-state index < -0.39 is 23.2 Å². The molecule has 1 atom stereocenters. The minimum Gasteiger partial charge on any atom is -0.494 e. The van der Waals surface area contributed by atoms with Crippen molar-refractivity contribution in [2.75, 3.05) is 11.5 Å². The summed E-state index contributed by atoms with van der Waals surface area (Å²) in [7, 11) is 0. The summed E-state index contributed by atoms with van der Waals surface area (Å²) in [5, 5.41) is 0.113. The van der Waals surface area contributed by atoms with Gasteiger partial charge in [0.05, 0.1) is 23.6 Å². The van der Waals surface area contributed by atoms with Gasteiger partial charge in [-0.2, -0.15) is 0 Å². The van der Waals surface area contributed by atoms with E-state index in [2.05, 4.69) is 6.92 Å². The maximum absolute atomic E-state index is 13.9. The summed E-state index contributed by atoms with van der Waals surface area (Å²) in [6.07, 6.45) is 1.99. The number of aryl methyl sites for hydroxylation is 1. The van der Waals surface area contributed by atoms with Crippen LogP contribution in [0.15, 0.2) is 75.9 Å². The Morgan fingerprint density at radius 1 is 1.00 bits per heavy atom. The van der Waals surface area contributed by atoms with E-state index in [0.717, 1.165) is 35.8 Å². The number of amides is 1. The summed E-state index contributed by atoms with van der Waals surface area (Å²) in [6, 6.07) is 17.9. The van der Waals surface area contributed by atoms with Crippen LogP contribution < -0.4 is 15.1 Å². The summed E-state index contributed by atoms with van der Waals surface area (Å²) in [6.45, 7) is 4.68. The highest BCUT2D eigenvalue weighted by molar-refractivity contribution is 6.10. The first kappa shape index (κ1) is 21.9. The van der Waals surface area contributed by atoms with E-state index in [1.54, 1.807) is 4.90 Å². The van der Waals surface area contributed by atoms with Gasteiger partial charge in [0.2, 0.25) is 5.76 Å². The number of carbonyl (C=O) groups is 1. The molecule has 172 valence electrons. The predicted octanol–water partition coefficient (Wildman–Crippen LogP) is 6.17. The normalized spacial score (nSPS) is 15.1. The minimum absolute atomic E-state index is 0.0158. The van der Waals surface area contributed by atoms with Crippen molar-refractivity contribution >= 4 is 22.6 Å². The van der Waals surface area contributed by atoms with Gasteiger partial charge in [0, 0.05) is 5.69 Å². The first-order valence-electron chi connectivity index (χ1n) is 11.4. The molecule has 34 heavy (non-hydrogen) atoms. The fourth-order valence-electron chi connectivity index (χ4n) is 4.31. The number of anilines is 1. The zero-order valence-electron chi connectivity index (χ0n) is 19.0. The van der Waals surface area contributed by atoms with Crippen LogP contribution >= 0.6 is 0 Å². The molecule has 1 aliphatic heterocycles. The number of hydrogen-bond acceptors (Lipinski definition) is 4. The van der Waals surface area contributed by atoms with E-state index >= 15 is 0 Å². The molecule has 0 bridgehead atoms. The number of nitrogens with zero attached hydrogens (tertiary/aromatic N) is 1. The lowest BCUT2D eigenvalue weighted by Gasteiger charge is -2.25. The van der Waals surface area contributed by atoms with Gasteiger partial charge >= 0.3 is 0 Å². The van der Waals surface area contributed by atoms with Crippen molar-refractivity contribution in [2.24, 2.45) is 0 Å². The zero-order valence-corrected chi connectivity index (χ0v) is 19.0. The Morgan fingerprint density at radius 2 is 1.74 bits per heavy atom. The van der Waals surface area contributed by atoms with Gasteiger partial charge in [0.15, 0.2) is 5.43 Å². The van der Waals surface area contributed by atoms with Crippen molar-refractivity contribution < 1.29 is 18.3 Å². The van der Waals surface area contributed by atoms with Crippen LogP contribution in [0.1, 0.15) is 53.1 Å². The summed E-state index contributed by atoms with van der Waals surface area (Å²) in [5.41, 5.74) is 2.41. The summed E-state index contributed by atoms with van der Waals surface area (Å²) < 4.78 is 25.6. The molecule has 2 heterocycles. The maximum Gasteiger partial charge on any atom is 0.295 e. The minimum atomic E-state index is -0.709. The van der Waals surface area contributed by atoms with Crippen molar-refractivity contribution in [2.45, 2.75) is 32.7 Å². The number of benzene rings is 3. The summed E-state index contributed by atoms with van der Waals surface area (Å²) in [4.78, 5) is 28.7. The van der Waals surface area contributed by atoms with Crippen LogP contribution in [-0.2, 0) is 0 Å². The number of fused-ring (bicyclic) bond motifs is 2. The Balaban J connectivity index is 1.67. The Kier molecular flexibility index (Phi) is 5.65. The molecule has 4 aromatic rings. The Labute approximate surface area is 196 Å². The second kappa shape index (κ2) is 8.78. The van der Waals surface area contributed by atoms with Gasteiger partial charge in [-0.05, 0) is 61.4 Å². The lowest BCUT2D eigenvalue weighted by atomic mass is 9.98. The largest absolute Gasteiger partial charge is 0.494 e. The molecule has 0 saturated heterocycles. The van der Waals surface area contributed by atoms with Gasteiger partial charge in [0.1, 0.15) is 17.1 Å². The second-order valence-corrected chi connectivity index (χ2v) is 8.50. The van der Waals surface area contributed by atoms with Crippen molar-refractivity contribution in [1.29, 1.82) is 0 Å². The van der Waals surface area contributed by atoms with Gasteiger partial charge in [-0.1, -0.05) is 43.2 Å². The molecule has 0 saturated carbocycles. The third-order valence-electron chi connectivity index (χ3n) is 6.11.